The van der Waals surface area contributed by atoms with E-state index in [2.05, 4.69) is 17.6 Å². The maximum atomic E-state index is 12.4. The molecule has 2 aromatic heterocycles. The van der Waals surface area contributed by atoms with Gasteiger partial charge in [0.2, 0.25) is 0 Å². The zero-order valence-corrected chi connectivity index (χ0v) is 18.3. The molecule has 1 aliphatic carbocycles. The first-order chi connectivity index (χ1) is 14.3. The second-order valence-corrected chi connectivity index (χ2v) is 8.94. The third-order valence-corrected chi connectivity index (χ3v) is 5.44. The number of carbonyl (C=O) groups is 2. The molecule has 0 saturated carbocycles. The molecular formula is C23H26N2O4S. The van der Waals surface area contributed by atoms with Gasteiger partial charge in [0.1, 0.15) is 12.2 Å². The number of carbonyl (C=O) groups excluding carboxylic acids is 2. The molecule has 0 N–H and O–H groups in total. The number of fused-ring (bicyclic) bond motifs is 1. The molecule has 0 aromatic carbocycles. The van der Waals surface area contributed by atoms with E-state index in [-0.39, 0.29) is 25.4 Å². The van der Waals surface area contributed by atoms with Crippen LogP contribution in [0, 0.1) is 0 Å². The van der Waals surface area contributed by atoms with E-state index in [1.165, 1.54) is 17.4 Å². The van der Waals surface area contributed by atoms with Crippen LogP contribution in [0.2, 0.25) is 0 Å². The Labute approximate surface area is 180 Å². The summed E-state index contributed by atoms with van der Waals surface area (Å²) in [5.74, 6) is -1.17. The Balaban J connectivity index is 1.80. The zero-order chi connectivity index (χ0) is 21.7. The summed E-state index contributed by atoms with van der Waals surface area (Å²) in [6.45, 7) is 9.14. The smallest absolute Gasteiger partial charge is 0.307 e. The highest BCUT2D eigenvalue weighted by Gasteiger charge is 2.27. The summed E-state index contributed by atoms with van der Waals surface area (Å²) >= 11 is 1.44. The lowest BCUT2D eigenvalue weighted by Crippen LogP contribution is -2.25. The van der Waals surface area contributed by atoms with E-state index >= 15 is 0 Å². The topological polar surface area (TPSA) is 78.4 Å². The molecule has 6 nitrogen and oxygen atoms in total. The fraction of sp³-hybridized carbons (Fsp3) is 0.391. The molecule has 0 unspecified atom stereocenters. The van der Waals surface area contributed by atoms with Gasteiger partial charge in [-0.2, -0.15) is 0 Å². The Morgan fingerprint density at radius 2 is 2.07 bits per heavy atom. The standard InChI is InChI=1S/C23H26N2O4S/c1-5-11-28-20(26)12-15(13-21(27)29-23(2,3)4)22-25-19(14-30-22)17-8-9-18-16(17)7-6-10-24-18/h5-8,10,14-15H,1,9,11-13H2,2-4H3/t15-/m0/s1. The van der Waals surface area contributed by atoms with E-state index in [9.17, 15) is 9.59 Å². The van der Waals surface area contributed by atoms with Crippen LogP contribution in [-0.4, -0.2) is 34.1 Å². The number of aromatic nitrogens is 2. The Hall–Kier alpha value is -2.80. The van der Waals surface area contributed by atoms with Gasteiger partial charge in [-0.25, -0.2) is 4.98 Å². The lowest BCUT2D eigenvalue weighted by atomic mass is 10.0. The minimum atomic E-state index is -0.593. The van der Waals surface area contributed by atoms with Crippen molar-refractivity contribution in [2.45, 2.75) is 51.6 Å². The number of pyridine rings is 1. The van der Waals surface area contributed by atoms with Gasteiger partial charge < -0.3 is 9.47 Å². The molecule has 2 aromatic rings. The van der Waals surface area contributed by atoms with Gasteiger partial charge in [0.05, 0.1) is 29.2 Å². The van der Waals surface area contributed by atoms with Crippen LogP contribution in [0.15, 0.2) is 42.4 Å². The van der Waals surface area contributed by atoms with Gasteiger partial charge in [-0.3, -0.25) is 14.6 Å². The Kier molecular flexibility index (Phi) is 6.82. The maximum Gasteiger partial charge on any atom is 0.307 e. The van der Waals surface area contributed by atoms with Crippen LogP contribution in [0.3, 0.4) is 0 Å². The van der Waals surface area contributed by atoms with E-state index in [0.29, 0.717) is 5.01 Å². The summed E-state index contributed by atoms with van der Waals surface area (Å²) < 4.78 is 10.6. The highest BCUT2D eigenvalue weighted by atomic mass is 32.1. The van der Waals surface area contributed by atoms with Gasteiger partial charge in [0, 0.05) is 35.1 Å². The summed E-state index contributed by atoms with van der Waals surface area (Å²) in [7, 11) is 0. The molecule has 0 amide bonds. The monoisotopic (exact) mass is 426 g/mol. The van der Waals surface area contributed by atoms with Crippen LogP contribution in [0.5, 0.6) is 0 Å². The van der Waals surface area contributed by atoms with Gasteiger partial charge in [0.15, 0.2) is 0 Å². The van der Waals surface area contributed by atoms with Crippen molar-refractivity contribution >= 4 is 28.8 Å². The van der Waals surface area contributed by atoms with Gasteiger partial charge >= 0.3 is 11.9 Å². The van der Waals surface area contributed by atoms with Crippen molar-refractivity contribution in [2.75, 3.05) is 6.61 Å². The highest BCUT2D eigenvalue weighted by Crippen LogP contribution is 2.35. The van der Waals surface area contributed by atoms with Crippen LogP contribution >= 0.6 is 11.3 Å². The predicted molar refractivity (Wildman–Crippen MR) is 116 cm³/mol. The van der Waals surface area contributed by atoms with Gasteiger partial charge in [-0.05, 0) is 26.8 Å². The summed E-state index contributed by atoms with van der Waals surface area (Å²) in [5, 5.41) is 2.67. The van der Waals surface area contributed by atoms with Crippen molar-refractivity contribution in [3.05, 3.63) is 64.4 Å². The van der Waals surface area contributed by atoms with Crippen LogP contribution in [0.4, 0.5) is 0 Å². The van der Waals surface area contributed by atoms with Crippen LogP contribution in [0.25, 0.3) is 5.57 Å². The van der Waals surface area contributed by atoms with Crippen molar-refractivity contribution in [3.63, 3.8) is 0 Å². The number of thiazole rings is 1. The molecule has 158 valence electrons. The normalized spacial score (nSPS) is 13.9. The molecule has 0 spiro atoms. The average molecular weight is 427 g/mol. The van der Waals surface area contributed by atoms with Gasteiger partial charge in [-0.1, -0.05) is 24.8 Å². The first-order valence-corrected chi connectivity index (χ1v) is 10.7. The zero-order valence-electron chi connectivity index (χ0n) is 17.5. The predicted octanol–water partition coefficient (Wildman–Crippen LogP) is 4.46. The highest BCUT2D eigenvalue weighted by molar-refractivity contribution is 7.09. The SMILES string of the molecule is C=CCOC(=O)C[C@@H](CC(=O)OC(C)(C)C)c1nc(C2=CCc3ncccc32)cs1. The third-order valence-electron chi connectivity index (χ3n) is 4.44. The quantitative estimate of drug-likeness (QED) is 0.458. The molecule has 7 heteroatoms. The van der Waals surface area contributed by atoms with Crippen LogP contribution in [0.1, 0.15) is 61.5 Å². The lowest BCUT2D eigenvalue weighted by molar-refractivity contribution is -0.155. The minimum Gasteiger partial charge on any atom is -0.461 e. The molecule has 1 aliphatic rings. The van der Waals surface area contributed by atoms with E-state index in [4.69, 9.17) is 14.5 Å². The molecule has 2 heterocycles. The Bertz CT molecular complexity index is 972. The van der Waals surface area contributed by atoms with E-state index in [1.807, 2.05) is 38.3 Å². The summed E-state index contributed by atoms with van der Waals surface area (Å²) in [6.07, 6.45) is 6.29. The van der Waals surface area contributed by atoms with Crippen molar-refractivity contribution in [2.24, 2.45) is 0 Å². The molecule has 0 radical (unpaired) electrons. The number of esters is 2. The number of ether oxygens (including phenoxy) is 2. The average Bonchev–Trinajstić information content (AvgIpc) is 3.31. The first-order valence-electron chi connectivity index (χ1n) is 9.85. The van der Waals surface area contributed by atoms with E-state index < -0.39 is 17.5 Å². The van der Waals surface area contributed by atoms with Crippen LogP contribution in [-0.2, 0) is 25.5 Å². The van der Waals surface area contributed by atoms with Crippen molar-refractivity contribution in [1.82, 2.24) is 9.97 Å². The molecule has 0 bridgehead atoms. The Morgan fingerprint density at radius 1 is 1.30 bits per heavy atom. The summed E-state index contributed by atoms with van der Waals surface area (Å²) in [4.78, 5) is 33.8. The maximum absolute atomic E-state index is 12.4. The minimum absolute atomic E-state index is 0.0528. The van der Waals surface area contributed by atoms with Crippen LogP contribution < -0.4 is 0 Å². The largest absolute Gasteiger partial charge is 0.461 e. The number of hydrogen-bond donors (Lipinski definition) is 0. The Morgan fingerprint density at radius 3 is 2.80 bits per heavy atom. The number of hydrogen-bond acceptors (Lipinski definition) is 7. The third kappa shape index (κ3) is 5.63. The second kappa shape index (κ2) is 9.34. The number of rotatable bonds is 8. The molecule has 0 fully saturated rings. The molecule has 0 aliphatic heterocycles. The molecule has 0 saturated heterocycles. The number of allylic oxidation sites excluding steroid dienone is 1. The fourth-order valence-electron chi connectivity index (χ4n) is 3.24. The molecular weight excluding hydrogens is 400 g/mol. The van der Waals surface area contributed by atoms with Crippen molar-refractivity contribution in [3.8, 4) is 0 Å². The molecule has 1 atom stereocenters. The fourth-order valence-corrected chi connectivity index (χ4v) is 4.16. The van der Waals surface area contributed by atoms with Gasteiger partial charge in [0.25, 0.3) is 0 Å². The summed E-state index contributed by atoms with van der Waals surface area (Å²) in [6, 6.07) is 3.94. The van der Waals surface area contributed by atoms with Gasteiger partial charge in [-0.15, -0.1) is 11.3 Å². The lowest BCUT2D eigenvalue weighted by Gasteiger charge is -2.21. The molecule has 3 rings (SSSR count). The van der Waals surface area contributed by atoms with E-state index in [1.54, 1.807) is 6.20 Å². The molecule has 30 heavy (non-hydrogen) atoms. The second-order valence-electron chi connectivity index (χ2n) is 8.05. The summed E-state index contributed by atoms with van der Waals surface area (Å²) in [5.41, 5.74) is 3.37. The van der Waals surface area contributed by atoms with Crippen molar-refractivity contribution in [1.29, 1.82) is 0 Å². The van der Waals surface area contributed by atoms with Crippen molar-refractivity contribution < 1.29 is 19.1 Å². The number of nitrogens with zero attached hydrogens (tertiary/aromatic N) is 2. The van der Waals surface area contributed by atoms with E-state index in [0.717, 1.165) is 28.9 Å². The first kappa shape index (κ1) is 21.9.